The minimum atomic E-state index is -3.68. The van der Waals surface area contributed by atoms with Crippen LogP contribution in [0.2, 0.25) is 0 Å². The first kappa shape index (κ1) is 28.6. The van der Waals surface area contributed by atoms with Crippen molar-refractivity contribution in [3.05, 3.63) is 36.5 Å². The molecule has 1 aliphatic heterocycles. The standard InChI is InChI=1S/C28H33N5O7S/c1-16(34)30-24-13-22(20(14-29-24)21-9-10-23-27(32-21)38-15-28(2,3)40-23)31-25-11-19(12-26(33-25)41(4,36)37)39-18-7-5-17(35)6-8-18/h9-14,17-18,35H,5-8,15H2,1-4H3,(H2,29,30,31,33,34)/t17-,18+. The summed E-state index contributed by atoms with van der Waals surface area (Å²) in [5, 5.41) is 15.5. The van der Waals surface area contributed by atoms with Gasteiger partial charge in [-0.2, -0.15) is 0 Å². The summed E-state index contributed by atoms with van der Waals surface area (Å²) < 4.78 is 42.9. The Morgan fingerprint density at radius 1 is 1.10 bits per heavy atom. The Balaban J connectivity index is 1.52. The van der Waals surface area contributed by atoms with E-state index in [4.69, 9.17) is 14.2 Å². The molecular weight excluding hydrogens is 550 g/mol. The third-order valence-corrected chi connectivity index (χ3v) is 7.59. The molecule has 1 fully saturated rings. The zero-order valence-corrected chi connectivity index (χ0v) is 24.1. The molecule has 4 heterocycles. The highest BCUT2D eigenvalue weighted by Gasteiger charge is 2.29. The zero-order valence-electron chi connectivity index (χ0n) is 23.3. The predicted octanol–water partition coefficient (Wildman–Crippen LogP) is 3.88. The summed E-state index contributed by atoms with van der Waals surface area (Å²) in [4.78, 5) is 25.0. The van der Waals surface area contributed by atoms with Gasteiger partial charge in [-0.3, -0.25) is 4.79 Å². The number of aromatic nitrogens is 3. The number of nitrogens with zero attached hydrogens (tertiary/aromatic N) is 3. The monoisotopic (exact) mass is 583 g/mol. The van der Waals surface area contributed by atoms with Gasteiger partial charge in [-0.1, -0.05) is 0 Å². The molecular formula is C28H33N5O7S. The van der Waals surface area contributed by atoms with E-state index in [1.54, 1.807) is 30.5 Å². The number of aliphatic hydroxyl groups is 1. The average Bonchev–Trinajstić information content (AvgIpc) is 2.89. The Hall–Kier alpha value is -3.97. The molecule has 0 unspecified atom stereocenters. The van der Waals surface area contributed by atoms with Crippen molar-refractivity contribution in [2.45, 2.75) is 69.3 Å². The molecule has 218 valence electrons. The molecule has 12 nitrogen and oxygen atoms in total. The van der Waals surface area contributed by atoms with E-state index in [0.29, 0.717) is 66.6 Å². The van der Waals surface area contributed by atoms with Gasteiger partial charge < -0.3 is 30.0 Å². The number of amides is 1. The maximum atomic E-state index is 12.5. The zero-order chi connectivity index (χ0) is 29.4. The minimum Gasteiger partial charge on any atom is -0.490 e. The van der Waals surface area contributed by atoms with Gasteiger partial charge in [-0.15, -0.1) is 0 Å². The molecule has 1 amide bonds. The first-order valence-electron chi connectivity index (χ1n) is 13.3. The Bertz CT molecular complexity index is 1570. The Morgan fingerprint density at radius 2 is 1.85 bits per heavy atom. The van der Waals surface area contributed by atoms with Crippen molar-refractivity contribution in [1.29, 1.82) is 0 Å². The van der Waals surface area contributed by atoms with Crippen molar-refractivity contribution in [1.82, 2.24) is 15.0 Å². The van der Waals surface area contributed by atoms with Crippen LogP contribution in [0.3, 0.4) is 0 Å². The third kappa shape index (κ3) is 7.03. The van der Waals surface area contributed by atoms with E-state index in [9.17, 15) is 18.3 Å². The summed E-state index contributed by atoms with van der Waals surface area (Å²) in [5.74, 6) is 1.37. The van der Waals surface area contributed by atoms with Crippen molar-refractivity contribution < 1.29 is 32.5 Å². The van der Waals surface area contributed by atoms with E-state index in [1.165, 1.54) is 13.0 Å². The van der Waals surface area contributed by atoms with Gasteiger partial charge in [0, 0.05) is 43.1 Å². The summed E-state index contributed by atoms with van der Waals surface area (Å²) in [6, 6.07) is 8.14. The quantitative estimate of drug-likeness (QED) is 0.370. The van der Waals surface area contributed by atoms with Gasteiger partial charge in [0.15, 0.2) is 20.6 Å². The summed E-state index contributed by atoms with van der Waals surface area (Å²) in [5.41, 5.74) is 1.02. The maximum absolute atomic E-state index is 12.5. The fourth-order valence-corrected chi connectivity index (χ4v) is 5.23. The average molecular weight is 584 g/mol. The molecule has 0 spiro atoms. The number of hydrogen-bond donors (Lipinski definition) is 3. The second-order valence-corrected chi connectivity index (χ2v) is 12.9. The van der Waals surface area contributed by atoms with Crippen molar-refractivity contribution in [3.8, 4) is 28.6 Å². The highest BCUT2D eigenvalue weighted by molar-refractivity contribution is 7.90. The van der Waals surface area contributed by atoms with Crippen LogP contribution < -0.4 is 24.8 Å². The first-order valence-corrected chi connectivity index (χ1v) is 15.2. The van der Waals surface area contributed by atoms with E-state index in [2.05, 4.69) is 25.6 Å². The SMILES string of the molecule is CC(=O)Nc1cc(Nc2cc(O[C@H]3CC[C@@H](O)CC3)cc(S(C)(=O)=O)n2)c(-c2ccc3c(n2)OCC(C)(C)O3)cn1. The summed E-state index contributed by atoms with van der Waals surface area (Å²) in [6.07, 6.45) is 4.66. The van der Waals surface area contributed by atoms with Gasteiger partial charge in [-0.05, 0) is 51.7 Å². The fourth-order valence-electron chi connectivity index (χ4n) is 4.64. The summed E-state index contributed by atoms with van der Waals surface area (Å²) >= 11 is 0. The number of rotatable bonds is 7. The molecule has 0 saturated heterocycles. The molecule has 2 aliphatic rings. The van der Waals surface area contributed by atoms with Crippen LogP contribution in [0.25, 0.3) is 11.3 Å². The number of nitrogens with one attached hydrogen (secondary N) is 2. The van der Waals surface area contributed by atoms with Crippen LogP contribution in [0.15, 0.2) is 41.6 Å². The summed E-state index contributed by atoms with van der Waals surface area (Å²) in [6.45, 7) is 5.54. The molecule has 1 aliphatic carbocycles. The molecule has 3 aromatic heterocycles. The second kappa shape index (κ2) is 11.1. The normalized spacial score (nSPS) is 19.7. The van der Waals surface area contributed by atoms with Crippen LogP contribution in [-0.4, -0.2) is 65.1 Å². The number of fused-ring (bicyclic) bond motifs is 1. The number of hydrogen-bond acceptors (Lipinski definition) is 11. The van der Waals surface area contributed by atoms with E-state index in [-0.39, 0.29) is 34.8 Å². The number of pyridine rings is 3. The lowest BCUT2D eigenvalue weighted by molar-refractivity contribution is -0.114. The lowest BCUT2D eigenvalue weighted by Gasteiger charge is -2.31. The molecule has 13 heteroatoms. The number of sulfone groups is 1. The number of anilines is 3. The largest absolute Gasteiger partial charge is 0.490 e. The van der Waals surface area contributed by atoms with E-state index >= 15 is 0 Å². The molecule has 0 bridgehead atoms. The number of aliphatic hydroxyl groups excluding tert-OH is 1. The smallest absolute Gasteiger partial charge is 0.257 e. The lowest BCUT2D eigenvalue weighted by atomic mass is 9.95. The van der Waals surface area contributed by atoms with Crippen molar-refractivity contribution in [3.63, 3.8) is 0 Å². The molecule has 0 aromatic carbocycles. The third-order valence-electron chi connectivity index (χ3n) is 6.62. The Kier molecular flexibility index (Phi) is 7.75. The number of carbonyl (C=O) groups excluding carboxylic acids is 1. The van der Waals surface area contributed by atoms with E-state index in [0.717, 1.165) is 6.26 Å². The topological polar surface area (TPSA) is 162 Å². The second-order valence-electron chi connectivity index (χ2n) is 10.9. The van der Waals surface area contributed by atoms with Gasteiger partial charge in [0.2, 0.25) is 5.91 Å². The Morgan fingerprint density at radius 3 is 2.56 bits per heavy atom. The van der Waals surface area contributed by atoms with Crippen LogP contribution in [0.1, 0.15) is 46.5 Å². The van der Waals surface area contributed by atoms with E-state index in [1.807, 2.05) is 13.8 Å². The summed E-state index contributed by atoms with van der Waals surface area (Å²) in [7, 11) is -3.68. The number of ether oxygens (including phenoxy) is 3. The van der Waals surface area contributed by atoms with Crippen molar-refractivity contribution in [2.24, 2.45) is 0 Å². The van der Waals surface area contributed by atoms with Gasteiger partial charge in [0.1, 0.15) is 29.6 Å². The molecule has 5 rings (SSSR count). The van der Waals surface area contributed by atoms with Crippen LogP contribution >= 0.6 is 0 Å². The Labute approximate surface area is 238 Å². The first-order chi connectivity index (χ1) is 19.3. The highest BCUT2D eigenvalue weighted by atomic mass is 32.2. The molecule has 3 aromatic rings. The van der Waals surface area contributed by atoms with E-state index < -0.39 is 15.4 Å². The molecule has 0 radical (unpaired) electrons. The fraction of sp³-hybridized carbons (Fsp3) is 0.429. The van der Waals surface area contributed by atoms with Crippen molar-refractivity contribution in [2.75, 3.05) is 23.5 Å². The van der Waals surface area contributed by atoms with Crippen LogP contribution in [0.4, 0.5) is 17.3 Å². The molecule has 41 heavy (non-hydrogen) atoms. The lowest BCUT2D eigenvalue weighted by Crippen LogP contribution is -2.39. The molecule has 1 saturated carbocycles. The van der Waals surface area contributed by atoms with Crippen molar-refractivity contribution >= 4 is 33.1 Å². The van der Waals surface area contributed by atoms with Crippen LogP contribution in [-0.2, 0) is 14.6 Å². The number of carbonyl (C=O) groups is 1. The van der Waals surface area contributed by atoms with Gasteiger partial charge in [0.25, 0.3) is 5.88 Å². The van der Waals surface area contributed by atoms with Gasteiger partial charge in [0.05, 0.1) is 23.6 Å². The molecule has 0 atom stereocenters. The van der Waals surface area contributed by atoms with Crippen LogP contribution in [0.5, 0.6) is 17.4 Å². The predicted molar refractivity (Wildman–Crippen MR) is 151 cm³/mol. The van der Waals surface area contributed by atoms with Gasteiger partial charge in [-0.25, -0.2) is 23.4 Å². The highest BCUT2D eigenvalue weighted by Crippen LogP contribution is 2.38. The minimum absolute atomic E-state index is 0.157. The van der Waals surface area contributed by atoms with Crippen LogP contribution in [0, 0.1) is 0 Å². The molecule has 3 N–H and O–H groups in total. The van der Waals surface area contributed by atoms with Gasteiger partial charge >= 0.3 is 0 Å². The maximum Gasteiger partial charge on any atom is 0.257 e.